The second kappa shape index (κ2) is 6.43. The lowest BCUT2D eigenvalue weighted by molar-refractivity contribution is -0.132. The van der Waals surface area contributed by atoms with E-state index in [0.717, 1.165) is 19.5 Å². The summed E-state index contributed by atoms with van der Waals surface area (Å²) in [6.07, 6.45) is 3.66. The van der Waals surface area contributed by atoms with Gasteiger partial charge in [0, 0.05) is 26.3 Å². The Morgan fingerprint density at radius 3 is 2.70 bits per heavy atom. The molecule has 0 spiro atoms. The summed E-state index contributed by atoms with van der Waals surface area (Å²) in [6, 6.07) is 0. The summed E-state index contributed by atoms with van der Waals surface area (Å²) in [4.78, 5) is 18.3. The predicted molar refractivity (Wildman–Crippen MR) is 78.1 cm³/mol. The summed E-state index contributed by atoms with van der Waals surface area (Å²) in [7, 11) is 0. The summed E-state index contributed by atoms with van der Waals surface area (Å²) in [5, 5.41) is 0. The van der Waals surface area contributed by atoms with Gasteiger partial charge in [0.1, 0.15) is 0 Å². The Hall–Kier alpha value is -1.30. The highest BCUT2D eigenvalue weighted by Gasteiger charge is 2.38. The third-order valence-corrected chi connectivity index (χ3v) is 4.50. The number of nitrogens with zero attached hydrogens (tertiary/aromatic N) is 2. The molecule has 1 unspecified atom stereocenters. The van der Waals surface area contributed by atoms with Crippen molar-refractivity contribution in [2.45, 2.75) is 32.6 Å². The van der Waals surface area contributed by atoms with Gasteiger partial charge in [-0.2, -0.15) is 0 Å². The number of rotatable bonds is 3. The van der Waals surface area contributed by atoms with Crippen molar-refractivity contribution in [1.29, 1.82) is 0 Å². The summed E-state index contributed by atoms with van der Waals surface area (Å²) in [6.45, 7) is 5.64. The van der Waals surface area contributed by atoms with Crippen molar-refractivity contribution in [3.8, 4) is 0 Å². The van der Waals surface area contributed by atoms with Crippen LogP contribution < -0.4 is 11.5 Å². The fraction of sp³-hybridized carbons (Fsp3) is 0.857. The van der Waals surface area contributed by atoms with Crippen molar-refractivity contribution in [2.75, 3.05) is 32.8 Å². The Morgan fingerprint density at radius 2 is 2.10 bits per heavy atom. The van der Waals surface area contributed by atoms with Crippen LogP contribution in [0.25, 0.3) is 0 Å². The van der Waals surface area contributed by atoms with Crippen molar-refractivity contribution in [3.05, 3.63) is 0 Å². The minimum absolute atomic E-state index is 0.288. The van der Waals surface area contributed by atoms with E-state index in [0.29, 0.717) is 44.5 Å². The SMILES string of the molecule is CC1CCCN(C(N)=NCC2(C(N)=O)CCOCC2)C1. The summed E-state index contributed by atoms with van der Waals surface area (Å²) in [5.41, 5.74) is 11.1. The average molecular weight is 282 g/mol. The summed E-state index contributed by atoms with van der Waals surface area (Å²) in [5.74, 6) is 0.902. The average Bonchev–Trinajstić information content (AvgIpc) is 2.45. The maximum atomic E-state index is 11.8. The summed E-state index contributed by atoms with van der Waals surface area (Å²) >= 11 is 0. The minimum Gasteiger partial charge on any atom is -0.381 e. The van der Waals surface area contributed by atoms with E-state index in [1.54, 1.807) is 0 Å². The Kier molecular flexibility index (Phi) is 4.86. The molecule has 0 aromatic heterocycles. The second-order valence-electron chi connectivity index (χ2n) is 6.12. The van der Waals surface area contributed by atoms with Gasteiger partial charge in [0.15, 0.2) is 5.96 Å². The Morgan fingerprint density at radius 1 is 1.40 bits per heavy atom. The number of primary amides is 1. The molecule has 1 atom stereocenters. The molecule has 20 heavy (non-hydrogen) atoms. The fourth-order valence-electron chi connectivity index (χ4n) is 2.97. The number of carbonyl (C=O) groups excluding carboxylic acids is 1. The maximum Gasteiger partial charge on any atom is 0.225 e. The van der Waals surface area contributed by atoms with Crippen molar-refractivity contribution in [2.24, 2.45) is 27.8 Å². The Labute approximate surface area is 120 Å². The van der Waals surface area contributed by atoms with E-state index in [1.807, 2.05) is 0 Å². The smallest absolute Gasteiger partial charge is 0.225 e. The predicted octanol–water partition coefficient (Wildman–Crippen LogP) is 0.315. The number of likely N-dealkylation sites (tertiary alicyclic amines) is 1. The van der Waals surface area contributed by atoms with E-state index in [2.05, 4.69) is 16.8 Å². The van der Waals surface area contributed by atoms with Gasteiger partial charge < -0.3 is 21.1 Å². The van der Waals surface area contributed by atoms with Gasteiger partial charge in [0.05, 0.1) is 12.0 Å². The number of carbonyl (C=O) groups is 1. The second-order valence-corrected chi connectivity index (χ2v) is 6.12. The van der Waals surface area contributed by atoms with Crippen LogP contribution >= 0.6 is 0 Å². The molecule has 2 aliphatic rings. The number of piperidine rings is 1. The van der Waals surface area contributed by atoms with Gasteiger partial charge in [-0.25, -0.2) is 0 Å². The number of hydrogen-bond acceptors (Lipinski definition) is 3. The lowest BCUT2D eigenvalue weighted by Gasteiger charge is -2.34. The first-order chi connectivity index (χ1) is 9.53. The highest BCUT2D eigenvalue weighted by molar-refractivity contribution is 5.82. The van der Waals surface area contributed by atoms with E-state index in [1.165, 1.54) is 6.42 Å². The molecule has 2 saturated heterocycles. The molecular formula is C14H26N4O2. The molecule has 6 heteroatoms. The largest absolute Gasteiger partial charge is 0.381 e. The first-order valence-corrected chi connectivity index (χ1v) is 7.46. The summed E-state index contributed by atoms with van der Waals surface area (Å²) < 4.78 is 5.31. The highest BCUT2D eigenvalue weighted by Crippen LogP contribution is 2.30. The Balaban J connectivity index is 1.99. The molecule has 0 bridgehead atoms. The molecule has 1 amide bonds. The van der Waals surface area contributed by atoms with Crippen molar-refractivity contribution < 1.29 is 9.53 Å². The molecular weight excluding hydrogens is 256 g/mol. The van der Waals surface area contributed by atoms with E-state index in [9.17, 15) is 4.79 Å². The number of hydrogen-bond donors (Lipinski definition) is 2. The monoisotopic (exact) mass is 282 g/mol. The molecule has 0 radical (unpaired) electrons. The topological polar surface area (TPSA) is 93.9 Å². The molecule has 4 N–H and O–H groups in total. The Bertz CT molecular complexity index is 377. The van der Waals surface area contributed by atoms with E-state index < -0.39 is 5.41 Å². The number of guanidine groups is 1. The van der Waals surface area contributed by atoms with Gasteiger partial charge in [-0.05, 0) is 31.6 Å². The molecule has 2 heterocycles. The lowest BCUT2D eigenvalue weighted by Crippen LogP contribution is -2.47. The first kappa shape index (κ1) is 15.1. The molecule has 2 fully saturated rings. The zero-order valence-corrected chi connectivity index (χ0v) is 12.3. The third kappa shape index (κ3) is 3.42. The van der Waals surface area contributed by atoms with E-state index >= 15 is 0 Å². The lowest BCUT2D eigenvalue weighted by atomic mass is 9.79. The number of ether oxygens (including phenoxy) is 1. The van der Waals surface area contributed by atoms with E-state index in [-0.39, 0.29) is 5.91 Å². The van der Waals surface area contributed by atoms with Crippen LogP contribution in [0.2, 0.25) is 0 Å². The van der Waals surface area contributed by atoms with Crippen LogP contribution in [0.3, 0.4) is 0 Å². The molecule has 2 rings (SSSR count). The molecule has 2 aliphatic heterocycles. The minimum atomic E-state index is -0.579. The van der Waals surface area contributed by atoms with Crippen LogP contribution in [-0.2, 0) is 9.53 Å². The standard InChI is InChI=1S/C14H26N4O2/c1-11-3-2-6-18(9-11)13(16)17-10-14(12(15)19)4-7-20-8-5-14/h11H,2-10H2,1H3,(H2,15,19)(H2,16,17). The van der Waals surface area contributed by atoms with E-state index in [4.69, 9.17) is 16.2 Å². The van der Waals surface area contributed by atoms with Crippen LogP contribution in [-0.4, -0.2) is 49.6 Å². The number of amides is 1. The van der Waals surface area contributed by atoms with Gasteiger partial charge in [0.2, 0.25) is 5.91 Å². The van der Waals surface area contributed by atoms with Crippen LogP contribution in [0.1, 0.15) is 32.6 Å². The molecule has 0 saturated carbocycles. The fourth-order valence-corrected chi connectivity index (χ4v) is 2.97. The number of aliphatic imine (C=N–C) groups is 1. The van der Waals surface area contributed by atoms with Crippen molar-refractivity contribution >= 4 is 11.9 Å². The molecule has 0 aromatic rings. The van der Waals surface area contributed by atoms with Crippen molar-refractivity contribution in [3.63, 3.8) is 0 Å². The zero-order valence-electron chi connectivity index (χ0n) is 12.3. The van der Waals surface area contributed by atoms with Crippen LogP contribution in [0.15, 0.2) is 4.99 Å². The van der Waals surface area contributed by atoms with Gasteiger partial charge >= 0.3 is 0 Å². The first-order valence-electron chi connectivity index (χ1n) is 7.46. The van der Waals surface area contributed by atoms with Gasteiger partial charge in [-0.1, -0.05) is 6.92 Å². The maximum absolute atomic E-state index is 11.8. The zero-order chi connectivity index (χ0) is 14.6. The third-order valence-electron chi connectivity index (χ3n) is 4.50. The van der Waals surface area contributed by atoms with Gasteiger partial charge in [-0.15, -0.1) is 0 Å². The normalized spacial score (nSPS) is 27.4. The highest BCUT2D eigenvalue weighted by atomic mass is 16.5. The molecule has 6 nitrogen and oxygen atoms in total. The van der Waals surface area contributed by atoms with Gasteiger partial charge in [0.25, 0.3) is 0 Å². The molecule has 0 aromatic carbocycles. The van der Waals surface area contributed by atoms with Crippen LogP contribution in [0.4, 0.5) is 0 Å². The quantitative estimate of drug-likeness (QED) is 0.575. The number of nitrogens with two attached hydrogens (primary N) is 2. The molecule has 114 valence electrons. The molecule has 0 aliphatic carbocycles. The van der Waals surface area contributed by atoms with Crippen LogP contribution in [0, 0.1) is 11.3 Å². The van der Waals surface area contributed by atoms with Gasteiger partial charge in [-0.3, -0.25) is 9.79 Å². The van der Waals surface area contributed by atoms with Crippen molar-refractivity contribution in [1.82, 2.24) is 4.90 Å². The van der Waals surface area contributed by atoms with Crippen LogP contribution in [0.5, 0.6) is 0 Å².